The molecule has 0 saturated carbocycles. The molecule has 0 aliphatic carbocycles. The molecule has 2 aromatic carbocycles. The molecular weight excluding hydrogens is 380 g/mol. The first-order valence-electron chi connectivity index (χ1n) is 9.40. The minimum absolute atomic E-state index is 0.0570. The average molecular weight is 407 g/mol. The molecule has 5 nitrogen and oxygen atoms in total. The first-order valence-corrected chi connectivity index (χ1v) is 9.81. The average Bonchev–Trinajstić information content (AvgIpc) is 2.66. The maximum Gasteiger partial charge on any atom is 0.243 e. The summed E-state index contributed by atoms with van der Waals surface area (Å²) < 4.78 is 6.18. The fourth-order valence-electron chi connectivity index (χ4n) is 2.90. The fraction of sp³-hybridized carbons (Fsp3) is 0.217. The molecule has 4 N–H and O–H groups in total. The van der Waals surface area contributed by atoms with E-state index in [0.29, 0.717) is 22.4 Å². The van der Waals surface area contributed by atoms with Crippen molar-refractivity contribution in [3.8, 4) is 11.6 Å². The summed E-state index contributed by atoms with van der Waals surface area (Å²) in [6, 6.07) is 17.4. The van der Waals surface area contributed by atoms with Gasteiger partial charge in [-0.1, -0.05) is 45.0 Å². The van der Waals surface area contributed by atoms with E-state index in [1.807, 2.05) is 55.5 Å². The Hall–Kier alpha value is -3.12. The lowest BCUT2D eigenvalue weighted by atomic mass is 9.86. The Bertz CT molecular complexity index is 1030. The molecule has 3 rings (SSSR count). The number of aryl methyl sites for hydroxylation is 1. The number of hydrogen-bond acceptors (Lipinski definition) is 4. The number of hydrogen-bond donors (Lipinski definition) is 3. The first kappa shape index (κ1) is 20.6. The summed E-state index contributed by atoms with van der Waals surface area (Å²) in [5, 5.41) is 6.71. The highest BCUT2D eigenvalue weighted by Crippen LogP contribution is 2.35. The lowest BCUT2D eigenvalue weighted by molar-refractivity contribution is 0.442. The van der Waals surface area contributed by atoms with Crippen molar-refractivity contribution in [1.82, 2.24) is 4.98 Å². The van der Waals surface area contributed by atoms with E-state index in [4.69, 9.17) is 22.7 Å². The van der Waals surface area contributed by atoms with E-state index >= 15 is 0 Å². The number of nitrogens with two attached hydrogens (primary N) is 1. The van der Waals surface area contributed by atoms with Gasteiger partial charge in [-0.15, -0.1) is 0 Å². The highest BCUT2D eigenvalue weighted by molar-refractivity contribution is 7.80. The quantitative estimate of drug-likeness (QED) is 0.372. The van der Waals surface area contributed by atoms with Gasteiger partial charge in [0.05, 0.1) is 11.4 Å². The van der Waals surface area contributed by atoms with Gasteiger partial charge in [0.1, 0.15) is 11.4 Å². The maximum atomic E-state index is 6.18. The van der Waals surface area contributed by atoms with Gasteiger partial charge in [0.2, 0.25) is 5.88 Å². The number of nitrogen functional groups attached to an aromatic ring is 1. The number of aromatic nitrogens is 1. The number of thiocarbonyl (C=S) groups is 1. The van der Waals surface area contributed by atoms with Crippen LogP contribution in [-0.4, -0.2) is 10.1 Å². The van der Waals surface area contributed by atoms with Crippen molar-refractivity contribution in [2.45, 2.75) is 33.1 Å². The summed E-state index contributed by atoms with van der Waals surface area (Å²) in [5.74, 6) is 1.22. The number of rotatable bonds is 4. The monoisotopic (exact) mass is 406 g/mol. The number of benzene rings is 2. The molecule has 0 spiro atoms. The lowest BCUT2D eigenvalue weighted by Crippen LogP contribution is -2.20. The Morgan fingerprint density at radius 1 is 1.00 bits per heavy atom. The summed E-state index contributed by atoms with van der Waals surface area (Å²) >= 11 is 5.47. The second kappa shape index (κ2) is 8.49. The Morgan fingerprint density at radius 3 is 2.48 bits per heavy atom. The third-order valence-electron chi connectivity index (χ3n) is 4.38. The van der Waals surface area contributed by atoms with E-state index in [0.717, 1.165) is 22.6 Å². The largest absolute Gasteiger partial charge is 0.437 e. The molecule has 3 aromatic rings. The van der Waals surface area contributed by atoms with Crippen LogP contribution in [-0.2, 0) is 5.41 Å². The molecule has 1 heterocycles. The Labute approximate surface area is 177 Å². The van der Waals surface area contributed by atoms with Gasteiger partial charge in [0.25, 0.3) is 0 Å². The van der Waals surface area contributed by atoms with Crippen molar-refractivity contribution in [1.29, 1.82) is 0 Å². The van der Waals surface area contributed by atoms with E-state index in [1.54, 1.807) is 6.20 Å². The Kier molecular flexibility index (Phi) is 6.03. The van der Waals surface area contributed by atoms with Gasteiger partial charge in [-0.3, -0.25) is 0 Å². The van der Waals surface area contributed by atoms with E-state index in [1.165, 1.54) is 0 Å². The van der Waals surface area contributed by atoms with Crippen LogP contribution in [0.15, 0.2) is 60.8 Å². The topological polar surface area (TPSA) is 72.2 Å². The molecule has 0 unspecified atom stereocenters. The molecule has 0 bridgehead atoms. The van der Waals surface area contributed by atoms with E-state index < -0.39 is 0 Å². The van der Waals surface area contributed by atoms with Crippen LogP contribution in [0, 0.1) is 6.92 Å². The van der Waals surface area contributed by atoms with Crippen LogP contribution in [0.2, 0.25) is 0 Å². The van der Waals surface area contributed by atoms with Gasteiger partial charge in [0.15, 0.2) is 5.11 Å². The summed E-state index contributed by atoms with van der Waals surface area (Å²) in [5.41, 5.74) is 10.2. The minimum atomic E-state index is -0.0570. The van der Waals surface area contributed by atoms with Crippen LogP contribution in [0.25, 0.3) is 0 Å². The summed E-state index contributed by atoms with van der Waals surface area (Å²) in [7, 11) is 0. The number of pyridine rings is 1. The zero-order valence-electron chi connectivity index (χ0n) is 17.1. The number of ether oxygens (including phenoxy) is 1. The molecule has 29 heavy (non-hydrogen) atoms. The van der Waals surface area contributed by atoms with Gasteiger partial charge in [-0.2, -0.15) is 0 Å². The summed E-state index contributed by atoms with van der Waals surface area (Å²) in [4.78, 5) is 4.39. The smallest absolute Gasteiger partial charge is 0.243 e. The molecule has 150 valence electrons. The van der Waals surface area contributed by atoms with Crippen LogP contribution < -0.4 is 21.1 Å². The van der Waals surface area contributed by atoms with Crippen molar-refractivity contribution in [2.24, 2.45) is 0 Å². The summed E-state index contributed by atoms with van der Waals surface area (Å²) in [6.07, 6.45) is 1.69. The summed E-state index contributed by atoms with van der Waals surface area (Å²) in [6.45, 7) is 8.45. The van der Waals surface area contributed by atoms with Crippen molar-refractivity contribution < 1.29 is 4.74 Å². The molecule has 0 radical (unpaired) electrons. The third-order valence-corrected chi connectivity index (χ3v) is 4.58. The molecule has 0 saturated heterocycles. The standard InChI is InChI=1S/C23H26N4OS/c1-15-11-12-17(24)19(14-15)27-22(29)26-18-9-7-13-25-21(18)28-20-10-6-5-8-16(20)23(2,3)4/h5-14H,24H2,1-4H3,(H2,26,27,29). The highest BCUT2D eigenvalue weighted by Gasteiger charge is 2.20. The molecule has 0 amide bonds. The van der Waals surface area contributed by atoms with Gasteiger partial charge in [0, 0.05) is 11.8 Å². The van der Waals surface area contributed by atoms with Crippen molar-refractivity contribution >= 4 is 34.4 Å². The van der Waals surface area contributed by atoms with Crippen molar-refractivity contribution in [3.63, 3.8) is 0 Å². The number of anilines is 3. The second-order valence-corrected chi connectivity index (χ2v) is 8.28. The molecule has 0 aliphatic heterocycles. The SMILES string of the molecule is Cc1ccc(N)c(NC(=S)Nc2cccnc2Oc2ccccc2C(C)(C)C)c1. The molecule has 0 fully saturated rings. The first-order chi connectivity index (χ1) is 13.7. The van der Waals surface area contributed by atoms with Gasteiger partial charge in [-0.25, -0.2) is 4.98 Å². The van der Waals surface area contributed by atoms with Crippen LogP contribution in [0.1, 0.15) is 31.9 Å². The zero-order chi connectivity index (χ0) is 21.0. The van der Waals surface area contributed by atoms with Crippen LogP contribution >= 0.6 is 12.2 Å². The fourth-order valence-corrected chi connectivity index (χ4v) is 3.12. The lowest BCUT2D eigenvalue weighted by Gasteiger charge is -2.23. The van der Waals surface area contributed by atoms with Crippen LogP contribution in [0.5, 0.6) is 11.6 Å². The van der Waals surface area contributed by atoms with E-state index in [2.05, 4.69) is 42.5 Å². The van der Waals surface area contributed by atoms with Crippen LogP contribution in [0.3, 0.4) is 0 Å². The van der Waals surface area contributed by atoms with E-state index in [9.17, 15) is 0 Å². The number of nitrogens with zero attached hydrogens (tertiary/aromatic N) is 1. The van der Waals surface area contributed by atoms with E-state index in [-0.39, 0.29) is 5.41 Å². The minimum Gasteiger partial charge on any atom is -0.437 e. The number of para-hydroxylation sites is 1. The van der Waals surface area contributed by atoms with Gasteiger partial charge < -0.3 is 21.1 Å². The predicted octanol–water partition coefficient (Wildman–Crippen LogP) is 5.87. The maximum absolute atomic E-state index is 6.18. The molecule has 0 atom stereocenters. The third kappa shape index (κ3) is 5.23. The predicted molar refractivity (Wildman–Crippen MR) is 125 cm³/mol. The van der Waals surface area contributed by atoms with Crippen molar-refractivity contribution in [3.05, 3.63) is 71.9 Å². The molecular formula is C23H26N4OS. The molecule has 1 aromatic heterocycles. The zero-order valence-corrected chi connectivity index (χ0v) is 17.9. The Balaban J connectivity index is 1.81. The highest BCUT2D eigenvalue weighted by atomic mass is 32.1. The number of nitrogens with one attached hydrogen (secondary N) is 2. The van der Waals surface area contributed by atoms with Crippen molar-refractivity contribution in [2.75, 3.05) is 16.4 Å². The molecule has 0 aliphatic rings. The second-order valence-electron chi connectivity index (χ2n) is 7.87. The van der Waals surface area contributed by atoms with Crippen LogP contribution in [0.4, 0.5) is 17.1 Å². The van der Waals surface area contributed by atoms with Gasteiger partial charge in [-0.05, 0) is 60.5 Å². The normalized spacial score (nSPS) is 11.0. The Morgan fingerprint density at radius 2 is 1.72 bits per heavy atom. The van der Waals surface area contributed by atoms with Gasteiger partial charge >= 0.3 is 0 Å². The molecule has 6 heteroatoms.